The summed E-state index contributed by atoms with van der Waals surface area (Å²) in [5, 5.41) is 0. The maximum atomic E-state index is 13.9. The van der Waals surface area contributed by atoms with Gasteiger partial charge in [-0.15, -0.1) is 0 Å². The summed E-state index contributed by atoms with van der Waals surface area (Å²) in [6, 6.07) is 15.4. The molecule has 0 aliphatic carbocycles. The van der Waals surface area contributed by atoms with Crippen LogP contribution < -0.4 is 24.4 Å². The first-order valence-corrected chi connectivity index (χ1v) is 14.2. The zero-order valence-electron chi connectivity index (χ0n) is 22.6. The molecule has 2 aromatic carbocycles. The number of halogens is 1. The first-order valence-electron chi connectivity index (χ1n) is 12.6. The fourth-order valence-corrected chi connectivity index (χ4v) is 5.98. The number of nitrogens with zero attached hydrogens (tertiary/aromatic N) is 2. The third kappa shape index (κ3) is 5.68. The maximum Gasteiger partial charge on any atom is 0.338 e. The number of furan rings is 1. The Morgan fingerprint density at radius 1 is 1.15 bits per heavy atom. The van der Waals surface area contributed by atoms with E-state index in [1.165, 1.54) is 29.9 Å². The van der Waals surface area contributed by atoms with Crippen molar-refractivity contribution in [2.75, 3.05) is 13.7 Å². The minimum Gasteiger partial charge on any atom is -0.493 e. The van der Waals surface area contributed by atoms with E-state index in [1.807, 2.05) is 30.3 Å². The second-order valence-corrected chi connectivity index (χ2v) is 10.9. The molecule has 1 aliphatic heterocycles. The number of hydrogen-bond acceptors (Lipinski definition) is 9. The molecule has 2 aromatic heterocycles. The summed E-state index contributed by atoms with van der Waals surface area (Å²) in [4.78, 5) is 43.6. The van der Waals surface area contributed by atoms with Crippen LogP contribution in [-0.2, 0) is 14.3 Å². The molecule has 210 valence electrons. The molecule has 0 bridgehead atoms. The third-order valence-electron chi connectivity index (χ3n) is 6.28. The Kier molecular flexibility index (Phi) is 8.09. The Bertz CT molecular complexity index is 1880. The molecular weight excluding hydrogens is 612 g/mol. The zero-order chi connectivity index (χ0) is 29.3. The van der Waals surface area contributed by atoms with Gasteiger partial charge in [0, 0.05) is 23.0 Å². The molecule has 11 heteroatoms. The van der Waals surface area contributed by atoms with E-state index >= 15 is 0 Å². The van der Waals surface area contributed by atoms with Gasteiger partial charge in [0.2, 0.25) is 0 Å². The lowest BCUT2D eigenvalue weighted by molar-refractivity contribution is -0.139. The molecule has 4 aromatic rings. The Labute approximate surface area is 247 Å². The SMILES string of the molecule is CCOC(=O)C1=C(C)N=c2s/c(=C\c3ccc(-c4cccc(Br)c4)o3)c(=O)n2[C@@H]1c1ccc(OC(C)=O)c(OC)c1. The molecular formula is C30H25BrN2O7S. The first kappa shape index (κ1) is 28.3. The lowest BCUT2D eigenvalue weighted by Gasteiger charge is -2.25. The molecule has 5 rings (SSSR count). The number of rotatable bonds is 7. The number of aromatic nitrogens is 1. The Hall–Kier alpha value is -4.22. The number of benzene rings is 2. The van der Waals surface area contributed by atoms with Gasteiger partial charge in [0.1, 0.15) is 11.5 Å². The second kappa shape index (κ2) is 11.7. The van der Waals surface area contributed by atoms with E-state index in [9.17, 15) is 14.4 Å². The molecule has 1 atom stereocenters. The van der Waals surface area contributed by atoms with Crippen molar-refractivity contribution in [3.63, 3.8) is 0 Å². The zero-order valence-corrected chi connectivity index (χ0v) is 25.0. The minimum atomic E-state index is -0.860. The van der Waals surface area contributed by atoms with Gasteiger partial charge >= 0.3 is 11.9 Å². The average molecular weight is 638 g/mol. The van der Waals surface area contributed by atoms with Crippen LogP contribution in [0, 0.1) is 0 Å². The Morgan fingerprint density at radius 2 is 1.95 bits per heavy atom. The monoisotopic (exact) mass is 636 g/mol. The highest BCUT2D eigenvalue weighted by Gasteiger charge is 2.34. The lowest BCUT2D eigenvalue weighted by atomic mass is 9.95. The minimum absolute atomic E-state index is 0.153. The van der Waals surface area contributed by atoms with E-state index in [0.29, 0.717) is 32.1 Å². The van der Waals surface area contributed by atoms with Crippen LogP contribution in [0.3, 0.4) is 0 Å². The van der Waals surface area contributed by atoms with E-state index in [1.54, 1.807) is 44.2 Å². The summed E-state index contributed by atoms with van der Waals surface area (Å²) >= 11 is 4.66. The van der Waals surface area contributed by atoms with Crippen molar-refractivity contribution in [2.24, 2.45) is 4.99 Å². The summed E-state index contributed by atoms with van der Waals surface area (Å²) < 4.78 is 24.8. The number of allylic oxidation sites excluding steroid dienone is 1. The summed E-state index contributed by atoms with van der Waals surface area (Å²) in [7, 11) is 1.44. The molecule has 0 N–H and O–H groups in total. The van der Waals surface area contributed by atoms with Gasteiger partial charge in [-0.05, 0) is 55.8 Å². The van der Waals surface area contributed by atoms with Gasteiger partial charge in [0.05, 0.1) is 35.6 Å². The highest BCUT2D eigenvalue weighted by Crippen LogP contribution is 2.36. The van der Waals surface area contributed by atoms with E-state index in [0.717, 1.165) is 10.0 Å². The Balaban J connectivity index is 1.65. The van der Waals surface area contributed by atoms with Crippen molar-refractivity contribution in [3.05, 3.63) is 101 Å². The molecule has 0 saturated heterocycles. The lowest BCUT2D eigenvalue weighted by Crippen LogP contribution is -2.39. The molecule has 9 nitrogen and oxygen atoms in total. The maximum absolute atomic E-state index is 13.9. The largest absolute Gasteiger partial charge is 0.493 e. The summed E-state index contributed by atoms with van der Waals surface area (Å²) in [5.41, 5.74) is 1.75. The van der Waals surface area contributed by atoms with Crippen molar-refractivity contribution in [1.29, 1.82) is 0 Å². The molecule has 1 aliphatic rings. The molecule has 41 heavy (non-hydrogen) atoms. The van der Waals surface area contributed by atoms with Crippen molar-refractivity contribution in [1.82, 2.24) is 4.57 Å². The van der Waals surface area contributed by atoms with Crippen LogP contribution in [0.4, 0.5) is 0 Å². The van der Waals surface area contributed by atoms with Crippen LogP contribution in [0.25, 0.3) is 17.4 Å². The number of methoxy groups -OCH3 is 1. The van der Waals surface area contributed by atoms with Crippen LogP contribution in [0.2, 0.25) is 0 Å². The van der Waals surface area contributed by atoms with Crippen molar-refractivity contribution in [3.8, 4) is 22.8 Å². The van der Waals surface area contributed by atoms with Gasteiger partial charge in [-0.25, -0.2) is 9.79 Å². The highest BCUT2D eigenvalue weighted by molar-refractivity contribution is 9.10. The third-order valence-corrected chi connectivity index (χ3v) is 7.76. The van der Waals surface area contributed by atoms with E-state index in [-0.39, 0.29) is 29.2 Å². The Morgan fingerprint density at radius 3 is 2.66 bits per heavy atom. The number of ether oxygens (including phenoxy) is 3. The first-order chi connectivity index (χ1) is 19.7. The van der Waals surface area contributed by atoms with Crippen LogP contribution >= 0.6 is 27.3 Å². The molecule has 3 heterocycles. The van der Waals surface area contributed by atoms with Crippen molar-refractivity contribution < 1.29 is 28.2 Å². The fraction of sp³-hybridized carbons (Fsp3) is 0.200. The summed E-state index contributed by atoms with van der Waals surface area (Å²) in [6.45, 7) is 4.86. The van der Waals surface area contributed by atoms with Gasteiger partial charge in [0.25, 0.3) is 5.56 Å². The highest BCUT2D eigenvalue weighted by atomic mass is 79.9. The number of esters is 2. The number of hydrogen-bond donors (Lipinski definition) is 0. The van der Waals surface area contributed by atoms with Crippen LogP contribution in [0.5, 0.6) is 11.5 Å². The second-order valence-electron chi connectivity index (χ2n) is 9.02. The molecule has 0 spiro atoms. The van der Waals surface area contributed by atoms with Gasteiger partial charge in [-0.2, -0.15) is 0 Å². The smallest absolute Gasteiger partial charge is 0.338 e. The predicted molar refractivity (Wildman–Crippen MR) is 157 cm³/mol. The van der Waals surface area contributed by atoms with E-state index < -0.39 is 18.0 Å². The van der Waals surface area contributed by atoms with Crippen LogP contribution in [0.1, 0.15) is 38.1 Å². The molecule has 0 amide bonds. The van der Waals surface area contributed by atoms with Gasteiger partial charge < -0.3 is 18.6 Å². The van der Waals surface area contributed by atoms with Crippen LogP contribution in [0.15, 0.2) is 84.5 Å². The summed E-state index contributed by atoms with van der Waals surface area (Å²) in [6.07, 6.45) is 1.66. The van der Waals surface area contributed by atoms with E-state index in [2.05, 4.69) is 20.9 Å². The van der Waals surface area contributed by atoms with Gasteiger partial charge in [0.15, 0.2) is 16.3 Å². The normalized spacial score (nSPS) is 14.9. The number of carbonyl (C=O) groups is 2. The van der Waals surface area contributed by atoms with Crippen molar-refractivity contribution in [2.45, 2.75) is 26.8 Å². The number of fused-ring (bicyclic) bond motifs is 1. The molecule has 0 fully saturated rings. The molecule has 0 unspecified atom stereocenters. The van der Waals surface area contributed by atoms with E-state index in [4.69, 9.17) is 18.6 Å². The molecule has 0 saturated carbocycles. The molecule has 0 radical (unpaired) electrons. The van der Waals surface area contributed by atoms with Crippen LogP contribution in [-0.4, -0.2) is 30.2 Å². The summed E-state index contributed by atoms with van der Waals surface area (Å²) in [5.74, 6) is 0.551. The van der Waals surface area contributed by atoms with Gasteiger partial charge in [-0.1, -0.05) is 45.5 Å². The average Bonchev–Trinajstić information content (AvgIpc) is 3.52. The van der Waals surface area contributed by atoms with Gasteiger partial charge in [-0.3, -0.25) is 14.2 Å². The van der Waals surface area contributed by atoms with Crippen molar-refractivity contribution >= 4 is 45.3 Å². The number of thiazole rings is 1. The quantitative estimate of drug-likeness (QED) is 0.213. The predicted octanol–water partition coefficient (Wildman–Crippen LogP) is 4.75. The topological polar surface area (TPSA) is 109 Å². The standard InChI is InChI=1S/C30H25BrN2O7S/c1-5-38-29(36)26-16(2)32-30-33(27(26)19-9-11-23(39-17(3)34)24(14-19)37-4)28(35)25(41-30)15-21-10-12-22(40-21)18-7-6-8-20(31)13-18/h6-15,27H,5H2,1-4H3/b25-15-/t27-/m1/s1. The number of carbonyl (C=O) groups excluding carboxylic acids is 2. The fourth-order valence-electron chi connectivity index (χ4n) is 4.56.